The number of ketones is 2. The highest BCUT2D eigenvalue weighted by atomic mass is 35.5. The van der Waals surface area contributed by atoms with Crippen molar-refractivity contribution in [3.05, 3.63) is 99.6 Å². The highest BCUT2D eigenvalue weighted by molar-refractivity contribution is 6.36. The number of esters is 1. The summed E-state index contributed by atoms with van der Waals surface area (Å²) in [6.45, 7) is 0.0141. The quantitative estimate of drug-likeness (QED) is 0.392. The molecular formula is C28H21ClN2O6. The SMILES string of the molecule is O=C(COC(=O)[C@@H]1CC(=O)N(Cc2ccccc2)C1)Nc1cc2c(cc1Cl)C(=O)c1ccccc1C2=O. The summed E-state index contributed by atoms with van der Waals surface area (Å²) in [4.78, 5) is 64.6. The summed E-state index contributed by atoms with van der Waals surface area (Å²) in [5, 5.41) is 2.59. The summed E-state index contributed by atoms with van der Waals surface area (Å²) in [6, 6.07) is 18.6. The van der Waals surface area contributed by atoms with Crippen molar-refractivity contribution in [3.63, 3.8) is 0 Å². The van der Waals surface area contributed by atoms with Gasteiger partial charge in [-0.25, -0.2) is 0 Å². The maximum absolute atomic E-state index is 12.9. The van der Waals surface area contributed by atoms with E-state index in [0.29, 0.717) is 12.1 Å². The molecule has 1 atom stereocenters. The van der Waals surface area contributed by atoms with Crippen LogP contribution in [0.3, 0.4) is 0 Å². The van der Waals surface area contributed by atoms with E-state index in [-0.39, 0.29) is 57.8 Å². The van der Waals surface area contributed by atoms with E-state index in [2.05, 4.69) is 5.32 Å². The van der Waals surface area contributed by atoms with Gasteiger partial charge < -0.3 is 15.0 Å². The first kappa shape index (κ1) is 24.4. The van der Waals surface area contributed by atoms with Crippen LogP contribution in [0.25, 0.3) is 0 Å². The van der Waals surface area contributed by atoms with E-state index < -0.39 is 24.4 Å². The van der Waals surface area contributed by atoms with Gasteiger partial charge in [-0.15, -0.1) is 0 Å². The summed E-state index contributed by atoms with van der Waals surface area (Å²) < 4.78 is 5.15. The second kappa shape index (κ2) is 9.99. The van der Waals surface area contributed by atoms with Crippen LogP contribution in [0, 0.1) is 5.92 Å². The molecule has 0 bridgehead atoms. The van der Waals surface area contributed by atoms with Crippen molar-refractivity contribution in [1.29, 1.82) is 0 Å². The fraction of sp³-hybridized carbons (Fsp3) is 0.179. The number of hydrogen-bond acceptors (Lipinski definition) is 6. The first-order chi connectivity index (χ1) is 17.8. The van der Waals surface area contributed by atoms with Crippen LogP contribution >= 0.6 is 11.6 Å². The van der Waals surface area contributed by atoms with Gasteiger partial charge in [0.2, 0.25) is 5.91 Å². The first-order valence-electron chi connectivity index (χ1n) is 11.6. The number of amides is 2. The van der Waals surface area contributed by atoms with Crippen molar-refractivity contribution >= 4 is 46.6 Å². The van der Waals surface area contributed by atoms with Crippen LogP contribution in [0.5, 0.6) is 0 Å². The van der Waals surface area contributed by atoms with Crippen molar-refractivity contribution in [2.45, 2.75) is 13.0 Å². The van der Waals surface area contributed by atoms with E-state index >= 15 is 0 Å². The molecule has 8 nitrogen and oxygen atoms in total. The van der Waals surface area contributed by atoms with Crippen molar-refractivity contribution in [3.8, 4) is 0 Å². The minimum Gasteiger partial charge on any atom is -0.455 e. The van der Waals surface area contributed by atoms with E-state index in [1.807, 2.05) is 30.3 Å². The predicted molar refractivity (Wildman–Crippen MR) is 134 cm³/mol. The summed E-state index contributed by atoms with van der Waals surface area (Å²) in [7, 11) is 0. The zero-order chi connectivity index (χ0) is 26.1. The van der Waals surface area contributed by atoms with Gasteiger partial charge in [0.05, 0.1) is 16.6 Å². The zero-order valence-corrected chi connectivity index (χ0v) is 20.3. The van der Waals surface area contributed by atoms with Crippen LogP contribution in [-0.4, -0.2) is 47.4 Å². The molecule has 9 heteroatoms. The first-order valence-corrected chi connectivity index (χ1v) is 12.0. The summed E-state index contributed by atoms with van der Waals surface area (Å²) >= 11 is 6.28. The number of anilines is 1. The molecule has 3 aromatic rings. The van der Waals surface area contributed by atoms with Crippen LogP contribution in [0.15, 0.2) is 66.7 Å². The molecular weight excluding hydrogens is 496 g/mol. The molecule has 5 rings (SSSR count). The molecule has 1 aliphatic heterocycles. The number of nitrogens with zero attached hydrogens (tertiary/aromatic N) is 1. The van der Waals surface area contributed by atoms with Gasteiger partial charge in [0.1, 0.15) is 0 Å². The average molecular weight is 517 g/mol. The molecule has 1 N–H and O–H groups in total. The van der Waals surface area contributed by atoms with E-state index in [0.717, 1.165) is 5.56 Å². The summed E-state index contributed by atoms with van der Waals surface area (Å²) in [5.74, 6) is -2.82. The Morgan fingerprint density at radius 3 is 2.19 bits per heavy atom. The third-order valence-electron chi connectivity index (χ3n) is 6.40. The lowest BCUT2D eigenvalue weighted by molar-refractivity contribution is -0.151. The molecule has 1 aliphatic carbocycles. The number of benzene rings is 3. The van der Waals surface area contributed by atoms with Gasteiger partial charge in [-0.05, 0) is 17.7 Å². The minimum atomic E-state index is -0.671. The molecule has 0 spiro atoms. The van der Waals surface area contributed by atoms with Crippen LogP contribution in [0.4, 0.5) is 5.69 Å². The lowest BCUT2D eigenvalue weighted by atomic mass is 9.84. The Morgan fingerprint density at radius 1 is 0.892 bits per heavy atom. The molecule has 2 amide bonds. The highest BCUT2D eigenvalue weighted by Crippen LogP contribution is 2.33. The van der Waals surface area contributed by atoms with Crippen molar-refractivity contribution in [1.82, 2.24) is 4.90 Å². The van der Waals surface area contributed by atoms with Crippen molar-refractivity contribution in [2.24, 2.45) is 5.92 Å². The zero-order valence-electron chi connectivity index (χ0n) is 19.5. The fourth-order valence-corrected chi connectivity index (χ4v) is 4.75. The normalized spacial score (nSPS) is 16.3. The Labute approximate surface area is 217 Å². The number of carbonyl (C=O) groups excluding carboxylic acids is 5. The molecule has 1 saturated heterocycles. The largest absolute Gasteiger partial charge is 0.455 e. The van der Waals surface area contributed by atoms with Crippen LogP contribution in [-0.2, 0) is 25.7 Å². The van der Waals surface area contributed by atoms with Gasteiger partial charge in [0.25, 0.3) is 5.91 Å². The van der Waals surface area contributed by atoms with Gasteiger partial charge in [0, 0.05) is 41.8 Å². The Bertz CT molecular complexity index is 1450. The molecule has 186 valence electrons. The average Bonchev–Trinajstić information content (AvgIpc) is 3.27. The molecule has 1 heterocycles. The topological polar surface area (TPSA) is 110 Å². The number of fused-ring (bicyclic) bond motifs is 2. The summed E-state index contributed by atoms with van der Waals surface area (Å²) in [5.41, 5.74) is 1.93. The van der Waals surface area contributed by atoms with Gasteiger partial charge in [-0.3, -0.25) is 24.0 Å². The number of carbonyl (C=O) groups is 5. The number of nitrogens with one attached hydrogen (secondary N) is 1. The highest BCUT2D eigenvalue weighted by Gasteiger charge is 2.36. The second-order valence-corrected chi connectivity index (χ2v) is 9.31. The molecule has 3 aromatic carbocycles. The van der Waals surface area contributed by atoms with Gasteiger partial charge in [-0.2, -0.15) is 0 Å². The fourth-order valence-electron chi connectivity index (χ4n) is 4.54. The molecule has 0 radical (unpaired) electrons. The molecule has 0 aromatic heterocycles. The lowest BCUT2D eigenvalue weighted by Crippen LogP contribution is -2.28. The van der Waals surface area contributed by atoms with E-state index in [1.54, 1.807) is 29.2 Å². The maximum atomic E-state index is 12.9. The monoisotopic (exact) mass is 516 g/mol. The molecule has 1 fully saturated rings. The number of likely N-dealkylation sites (tertiary alicyclic amines) is 1. The Morgan fingerprint density at radius 2 is 1.51 bits per heavy atom. The molecule has 37 heavy (non-hydrogen) atoms. The van der Waals surface area contributed by atoms with Crippen molar-refractivity contribution < 1.29 is 28.7 Å². The predicted octanol–water partition coefficient (Wildman–Crippen LogP) is 3.65. The number of ether oxygens (including phenoxy) is 1. The van der Waals surface area contributed by atoms with Gasteiger partial charge in [0.15, 0.2) is 18.2 Å². The molecule has 0 saturated carbocycles. The maximum Gasteiger partial charge on any atom is 0.311 e. The number of hydrogen-bond donors (Lipinski definition) is 1. The minimum absolute atomic E-state index is 0.0154. The van der Waals surface area contributed by atoms with E-state index in [1.165, 1.54) is 12.1 Å². The third kappa shape index (κ3) is 4.88. The Kier molecular flexibility index (Phi) is 6.58. The van der Waals surface area contributed by atoms with Crippen LogP contribution < -0.4 is 5.32 Å². The smallest absolute Gasteiger partial charge is 0.311 e. The number of halogens is 1. The second-order valence-electron chi connectivity index (χ2n) is 8.90. The third-order valence-corrected chi connectivity index (χ3v) is 6.71. The van der Waals surface area contributed by atoms with Crippen LogP contribution in [0.2, 0.25) is 5.02 Å². The lowest BCUT2D eigenvalue weighted by Gasteiger charge is -2.19. The standard InChI is InChI=1S/C28H21ClN2O6/c29-22-11-20-21(27(35)19-9-5-4-8-18(19)26(20)34)12-23(22)30-24(32)15-37-28(36)17-10-25(33)31(14-17)13-16-6-2-1-3-7-16/h1-9,11-12,17H,10,13-15H2,(H,30,32)/t17-/m1/s1. The van der Waals surface area contributed by atoms with Gasteiger partial charge in [-0.1, -0.05) is 66.2 Å². The van der Waals surface area contributed by atoms with Crippen molar-refractivity contribution in [2.75, 3.05) is 18.5 Å². The molecule has 0 unspecified atom stereocenters. The van der Waals surface area contributed by atoms with E-state index in [4.69, 9.17) is 16.3 Å². The van der Waals surface area contributed by atoms with Gasteiger partial charge >= 0.3 is 5.97 Å². The van der Waals surface area contributed by atoms with E-state index in [9.17, 15) is 24.0 Å². The molecule has 2 aliphatic rings. The Balaban J connectivity index is 1.20. The summed E-state index contributed by atoms with van der Waals surface area (Å²) in [6.07, 6.45) is 0.0154. The Hall–Kier alpha value is -4.30. The number of rotatable bonds is 6. The van der Waals surface area contributed by atoms with Crippen LogP contribution in [0.1, 0.15) is 43.8 Å².